The predicted octanol–water partition coefficient (Wildman–Crippen LogP) is 2.83. The monoisotopic (exact) mass is 404 g/mol. The van der Waals surface area contributed by atoms with Crippen LogP contribution in [0.4, 0.5) is 5.69 Å². The highest BCUT2D eigenvalue weighted by molar-refractivity contribution is 9.10. The number of carboxylic acids is 1. The SMILES string of the molecule is CC(=O)Nc1cccc(C(=O)N[C@@H](Cc2ccccc2Br)C(=O)O)c1. The molecular weight excluding hydrogens is 388 g/mol. The smallest absolute Gasteiger partial charge is 0.326 e. The highest BCUT2D eigenvalue weighted by atomic mass is 79.9. The molecule has 2 amide bonds. The predicted molar refractivity (Wildman–Crippen MR) is 97.5 cm³/mol. The third kappa shape index (κ3) is 5.42. The van der Waals surface area contributed by atoms with Crippen molar-refractivity contribution in [3.05, 3.63) is 64.1 Å². The number of hydrogen-bond acceptors (Lipinski definition) is 3. The Hall–Kier alpha value is -2.67. The number of rotatable bonds is 6. The van der Waals surface area contributed by atoms with Gasteiger partial charge in [-0.3, -0.25) is 9.59 Å². The summed E-state index contributed by atoms with van der Waals surface area (Å²) >= 11 is 3.37. The summed E-state index contributed by atoms with van der Waals surface area (Å²) in [5.41, 5.74) is 1.52. The average Bonchev–Trinajstić information content (AvgIpc) is 2.55. The minimum atomic E-state index is -1.12. The lowest BCUT2D eigenvalue weighted by atomic mass is 10.1. The van der Waals surface area contributed by atoms with E-state index in [0.29, 0.717) is 5.69 Å². The molecule has 0 heterocycles. The fourth-order valence-corrected chi connectivity index (χ4v) is 2.71. The molecule has 0 saturated carbocycles. The lowest BCUT2D eigenvalue weighted by Gasteiger charge is -2.16. The molecule has 0 saturated heterocycles. The quantitative estimate of drug-likeness (QED) is 0.689. The van der Waals surface area contributed by atoms with E-state index in [4.69, 9.17) is 0 Å². The van der Waals surface area contributed by atoms with Crippen molar-refractivity contribution in [1.82, 2.24) is 5.32 Å². The Morgan fingerprint density at radius 2 is 1.84 bits per heavy atom. The Morgan fingerprint density at radius 1 is 1.12 bits per heavy atom. The van der Waals surface area contributed by atoms with Crippen molar-refractivity contribution in [1.29, 1.82) is 0 Å². The highest BCUT2D eigenvalue weighted by Gasteiger charge is 2.22. The van der Waals surface area contributed by atoms with Crippen LogP contribution in [0.25, 0.3) is 0 Å². The minimum absolute atomic E-state index is 0.147. The van der Waals surface area contributed by atoms with Crippen LogP contribution in [0.15, 0.2) is 53.0 Å². The molecule has 2 aromatic carbocycles. The topological polar surface area (TPSA) is 95.5 Å². The van der Waals surface area contributed by atoms with E-state index < -0.39 is 17.9 Å². The Morgan fingerprint density at radius 3 is 2.48 bits per heavy atom. The van der Waals surface area contributed by atoms with Crippen molar-refractivity contribution >= 4 is 39.4 Å². The number of aliphatic carboxylic acids is 1. The second-order valence-corrected chi connectivity index (χ2v) is 6.28. The third-order valence-electron chi connectivity index (χ3n) is 3.43. The molecule has 3 N–H and O–H groups in total. The number of halogens is 1. The fourth-order valence-electron chi connectivity index (χ4n) is 2.27. The van der Waals surface area contributed by atoms with Crippen LogP contribution in [-0.2, 0) is 16.0 Å². The van der Waals surface area contributed by atoms with E-state index in [1.54, 1.807) is 30.3 Å². The number of hydrogen-bond donors (Lipinski definition) is 3. The van der Waals surface area contributed by atoms with Gasteiger partial charge in [0.25, 0.3) is 5.91 Å². The molecule has 6 nitrogen and oxygen atoms in total. The van der Waals surface area contributed by atoms with Crippen molar-refractivity contribution in [2.24, 2.45) is 0 Å². The van der Waals surface area contributed by atoms with Crippen LogP contribution in [0, 0.1) is 0 Å². The summed E-state index contributed by atoms with van der Waals surface area (Å²) in [6.07, 6.45) is 0.147. The van der Waals surface area contributed by atoms with Crippen LogP contribution in [-0.4, -0.2) is 28.9 Å². The second-order valence-electron chi connectivity index (χ2n) is 5.42. The zero-order valence-corrected chi connectivity index (χ0v) is 15.0. The van der Waals surface area contributed by atoms with E-state index in [-0.39, 0.29) is 17.9 Å². The number of carboxylic acid groups (broad SMARTS) is 1. The summed E-state index contributed by atoms with van der Waals surface area (Å²) in [7, 11) is 0. The van der Waals surface area contributed by atoms with Crippen LogP contribution >= 0.6 is 15.9 Å². The van der Waals surface area contributed by atoms with E-state index in [2.05, 4.69) is 26.6 Å². The first kappa shape index (κ1) is 18.7. The molecule has 0 unspecified atom stereocenters. The number of anilines is 1. The molecule has 0 aromatic heterocycles. The molecule has 0 bridgehead atoms. The summed E-state index contributed by atoms with van der Waals surface area (Å²) in [5, 5.41) is 14.5. The van der Waals surface area contributed by atoms with Gasteiger partial charge in [0.15, 0.2) is 0 Å². The molecule has 1 atom stereocenters. The molecule has 2 aromatic rings. The van der Waals surface area contributed by atoms with E-state index in [1.807, 2.05) is 12.1 Å². The van der Waals surface area contributed by atoms with Crippen molar-refractivity contribution in [3.63, 3.8) is 0 Å². The Bertz CT molecular complexity index is 807. The summed E-state index contributed by atoms with van der Waals surface area (Å²) in [4.78, 5) is 35.0. The second kappa shape index (κ2) is 8.43. The molecule has 25 heavy (non-hydrogen) atoms. The van der Waals surface area contributed by atoms with Crippen LogP contribution in [0.1, 0.15) is 22.8 Å². The summed E-state index contributed by atoms with van der Waals surface area (Å²) in [6, 6.07) is 12.5. The van der Waals surface area contributed by atoms with Gasteiger partial charge in [0.2, 0.25) is 5.91 Å². The van der Waals surface area contributed by atoms with E-state index in [9.17, 15) is 19.5 Å². The van der Waals surface area contributed by atoms with Gasteiger partial charge in [-0.05, 0) is 29.8 Å². The Labute approximate surface area is 153 Å². The molecular formula is C18H17BrN2O4. The average molecular weight is 405 g/mol. The summed E-state index contributed by atoms with van der Waals surface area (Å²) < 4.78 is 0.781. The summed E-state index contributed by atoms with van der Waals surface area (Å²) in [6.45, 7) is 1.37. The first-order valence-corrected chi connectivity index (χ1v) is 8.31. The molecule has 7 heteroatoms. The van der Waals surface area contributed by atoms with Crippen LogP contribution in [0.5, 0.6) is 0 Å². The number of carbonyl (C=O) groups is 3. The van der Waals surface area contributed by atoms with Crippen LogP contribution < -0.4 is 10.6 Å². The molecule has 0 fully saturated rings. The van der Waals surface area contributed by atoms with Crippen molar-refractivity contribution in [2.75, 3.05) is 5.32 Å². The number of nitrogens with one attached hydrogen (secondary N) is 2. The Kier molecular flexibility index (Phi) is 6.30. The van der Waals surface area contributed by atoms with E-state index >= 15 is 0 Å². The normalized spacial score (nSPS) is 11.4. The zero-order chi connectivity index (χ0) is 18.4. The standard InChI is InChI=1S/C18H17BrN2O4/c1-11(22)20-14-7-4-6-13(9-14)17(23)21-16(18(24)25)10-12-5-2-3-8-15(12)19/h2-9,16H,10H2,1H3,(H,20,22)(H,21,23)(H,24,25)/t16-/m0/s1. The molecule has 0 aliphatic carbocycles. The van der Waals surface area contributed by atoms with Crippen LogP contribution in [0.2, 0.25) is 0 Å². The first-order valence-electron chi connectivity index (χ1n) is 7.51. The zero-order valence-electron chi connectivity index (χ0n) is 13.5. The van der Waals surface area contributed by atoms with Gasteiger partial charge in [-0.25, -0.2) is 4.79 Å². The Balaban J connectivity index is 2.14. The van der Waals surface area contributed by atoms with Crippen molar-refractivity contribution < 1.29 is 19.5 Å². The largest absolute Gasteiger partial charge is 0.480 e. The fraction of sp³-hybridized carbons (Fsp3) is 0.167. The number of benzene rings is 2. The maximum absolute atomic E-state index is 12.4. The van der Waals surface area contributed by atoms with Crippen molar-refractivity contribution in [3.8, 4) is 0 Å². The molecule has 0 aliphatic rings. The molecule has 0 radical (unpaired) electrons. The van der Waals surface area contributed by atoms with Gasteiger partial charge in [-0.2, -0.15) is 0 Å². The molecule has 2 rings (SSSR count). The van der Waals surface area contributed by atoms with Gasteiger partial charge in [-0.1, -0.05) is 40.2 Å². The van der Waals surface area contributed by atoms with Gasteiger partial charge in [0.1, 0.15) is 6.04 Å². The highest BCUT2D eigenvalue weighted by Crippen LogP contribution is 2.18. The van der Waals surface area contributed by atoms with E-state index in [1.165, 1.54) is 13.0 Å². The molecule has 0 spiro atoms. The maximum Gasteiger partial charge on any atom is 0.326 e. The van der Waals surface area contributed by atoms with Gasteiger partial charge in [0, 0.05) is 29.1 Å². The maximum atomic E-state index is 12.4. The van der Waals surface area contributed by atoms with Gasteiger partial charge in [-0.15, -0.1) is 0 Å². The summed E-state index contributed by atoms with van der Waals surface area (Å²) in [5.74, 6) is -1.90. The van der Waals surface area contributed by atoms with Crippen LogP contribution in [0.3, 0.4) is 0 Å². The molecule has 0 aliphatic heterocycles. The minimum Gasteiger partial charge on any atom is -0.480 e. The number of amides is 2. The van der Waals surface area contributed by atoms with Gasteiger partial charge in [0.05, 0.1) is 0 Å². The first-order chi connectivity index (χ1) is 11.9. The van der Waals surface area contributed by atoms with Gasteiger partial charge < -0.3 is 15.7 Å². The number of carbonyl (C=O) groups excluding carboxylic acids is 2. The lowest BCUT2D eigenvalue weighted by molar-refractivity contribution is -0.139. The molecule has 130 valence electrons. The third-order valence-corrected chi connectivity index (χ3v) is 4.20. The lowest BCUT2D eigenvalue weighted by Crippen LogP contribution is -2.42. The van der Waals surface area contributed by atoms with E-state index in [0.717, 1.165) is 10.0 Å². The van der Waals surface area contributed by atoms with Gasteiger partial charge >= 0.3 is 5.97 Å². The van der Waals surface area contributed by atoms with Crippen molar-refractivity contribution in [2.45, 2.75) is 19.4 Å².